The van der Waals surface area contributed by atoms with Gasteiger partial charge in [-0.05, 0) is 49.6 Å². The van der Waals surface area contributed by atoms with Crippen molar-refractivity contribution in [2.75, 3.05) is 23.5 Å². The molecule has 2 aromatic carbocycles. The van der Waals surface area contributed by atoms with Crippen LogP contribution in [0.4, 0.5) is 5.69 Å². The number of carbonyl (C=O) groups excluding carboxylic acids is 3. The van der Waals surface area contributed by atoms with Gasteiger partial charge in [0.2, 0.25) is 11.8 Å². The van der Waals surface area contributed by atoms with Crippen LogP contribution >= 0.6 is 11.8 Å². The monoisotopic (exact) mass is 423 g/mol. The van der Waals surface area contributed by atoms with Crippen molar-refractivity contribution in [3.05, 3.63) is 64.2 Å². The highest BCUT2D eigenvalue weighted by Crippen LogP contribution is 2.27. The van der Waals surface area contributed by atoms with E-state index in [4.69, 9.17) is 0 Å². The third kappa shape index (κ3) is 3.94. The number of nitrogens with one attached hydrogen (secondary N) is 1. The van der Waals surface area contributed by atoms with Gasteiger partial charge < -0.3 is 15.1 Å². The number of carbonyl (C=O) groups is 3. The Morgan fingerprint density at radius 1 is 1.10 bits per heavy atom. The molecule has 2 aromatic rings. The first kappa shape index (κ1) is 20.5. The lowest BCUT2D eigenvalue weighted by molar-refractivity contribution is -0.153. The number of piperazine rings is 1. The number of hydrogen-bond acceptors (Lipinski definition) is 4. The number of fused-ring (bicyclic) bond motifs is 1. The van der Waals surface area contributed by atoms with Crippen LogP contribution in [0.25, 0.3) is 0 Å². The highest BCUT2D eigenvalue weighted by atomic mass is 32.2. The van der Waals surface area contributed by atoms with Crippen LogP contribution in [-0.2, 0) is 16.1 Å². The number of benzene rings is 2. The maximum Gasteiger partial charge on any atom is 0.255 e. The SMILES string of the molecule is Cc1cc(C)c(NC(=O)c2ccc(CN3CC(=O)N4CSC[C@@H]4C3=O)cc2)c(C)c1. The van der Waals surface area contributed by atoms with E-state index in [1.54, 1.807) is 33.7 Å². The summed E-state index contributed by atoms with van der Waals surface area (Å²) in [6.45, 7) is 6.50. The molecular formula is C23H25N3O3S. The van der Waals surface area contributed by atoms with Crippen LogP contribution in [0.15, 0.2) is 36.4 Å². The number of thioether (sulfide) groups is 1. The van der Waals surface area contributed by atoms with Gasteiger partial charge in [0, 0.05) is 23.5 Å². The normalized spacial score (nSPS) is 18.6. The molecule has 156 valence electrons. The van der Waals surface area contributed by atoms with E-state index in [1.807, 2.05) is 45.0 Å². The molecule has 2 saturated heterocycles. The van der Waals surface area contributed by atoms with E-state index in [0.717, 1.165) is 27.9 Å². The zero-order valence-electron chi connectivity index (χ0n) is 17.4. The molecule has 0 bridgehead atoms. The smallest absolute Gasteiger partial charge is 0.255 e. The molecule has 7 heteroatoms. The van der Waals surface area contributed by atoms with E-state index < -0.39 is 0 Å². The maximum absolute atomic E-state index is 12.7. The summed E-state index contributed by atoms with van der Waals surface area (Å²) in [7, 11) is 0. The molecule has 2 aliphatic heterocycles. The van der Waals surface area contributed by atoms with Gasteiger partial charge in [-0.15, -0.1) is 11.8 Å². The molecule has 30 heavy (non-hydrogen) atoms. The van der Waals surface area contributed by atoms with Crippen LogP contribution in [0.5, 0.6) is 0 Å². The van der Waals surface area contributed by atoms with Gasteiger partial charge >= 0.3 is 0 Å². The van der Waals surface area contributed by atoms with Crippen LogP contribution in [0, 0.1) is 20.8 Å². The molecule has 4 rings (SSSR count). The summed E-state index contributed by atoms with van der Waals surface area (Å²) in [5.74, 6) is 1.11. The quantitative estimate of drug-likeness (QED) is 0.820. The zero-order valence-corrected chi connectivity index (χ0v) is 18.2. The van der Waals surface area contributed by atoms with Gasteiger partial charge in [-0.3, -0.25) is 14.4 Å². The van der Waals surface area contributed by atoms with Crippen molar-refractivity contribution in [3.63, 3.8) is 0 Å². The number of aryl methyl sites for hydroxylation is 3. The lowest BCUT2D eigenvalue weighted by Gasteiger charge is -2.35. The van der Waals surface area contributed by atoms with Crippen molar-refractivity contribution >= 4 is 35.2 Å². The first-order chi connectivity index (χ1) is 14.3. The number of amides is 3. The van der Waals surface area contributed by atoms with E-state index in [2.05, 4.69) is 5.32 Å². The van der Waals surface area contributed by atoms with E-state index in [-0.39, 0.29) is 30.3 Å². The number of nitrogens with zero attached hydrogens (tertiary/aromatic N) is 2. The maximum atomic E-state index is 12.7. The Morgan fingerprint density at radius 3 is 2.43 bits per heavy atom. The summed E-state index contributed by atoms with van der Waals surface area (Å²) in [6, 6.07) is 11.0. The Bertz CT molecular complexity index is 996. The van der Waals surface area contributed by atoms with Crippen molar-refractivity contribution in [2.45, 2.75) is 33.4 Å². The van der Waals surface area contributed by atoms with Crippen molar-refractivity contribution in [1.29, 1.82) is 0 Å². The molecule has 2 fully saturated rings. The van der Waals surface area contributed by atoms with Crippen LogP contribution in [-0.4, -0.2) is 51.7 Å². The summed E-state index contributed by atoms with van der Waals surface area (Å²) in [6.07, 6.45) is 0. The molecule has 3 amide bonds. The Kier molecular flexibility index (Phi) is 5.56. The Balaban J connectivity index is 1.44. The van der Waals surface area contributed by atoms with Gasteiger partial charge in [-0.1, -0.05) is 29.8 Å². The second kappa shape index (κ2) is 8.14. The van der Waals surface area contributed by atoms with Gasteiger partial charge in [0.05, 0.1) is 5.88 Å². The summed E-state index contributed by atoms with van der Waals surface area (Å²) >= 11 is 1.62. The number of anilines is 1. The summed E-state index contributed by atoms with van der Waals surface area (Å²) in [4.78, 5) is 40.9. The predicted molar refractivity (Wildman–Crippen MR) is 118 cm³/mol. The molecule has 0 saturated carbocycles. The summed E-state index contributed by atoms with van der Waals surface area (Å²) in [5, 5.41) is 3.00. The van der Waals surface area contributed by atoms with E-state index in [1.165, 1.54) is 0 Å². The third-order valence-electron chi connectivity index (χ3n) is 5.63. The molecular weight excluding hydrogens is 398 g/mol. The number of hydrogen-bond donors (Lipinski definition) is 1. The average molecular weight is 424 g/mol. The highest BCUT2D eigenvalue weighted by Gasteiger charge is 2.42. The van der Waals surface area contributed by atoms with Crippen molar-refractivity contribution in [1.82, 2.24) is 9.80 Å². The van der Waals surface area contributed by atoms with E-state index >= 15 is 0 Å². The molecule has 0 unspecified atom stereocenters. The highest BCUT2D eigenvalue weighted by molar-refractivity contribution is 7.99. The summed E-state index contributed by atoms with van der Waals surface area (Å²) < 4.78 is 0. The molecule has 0 radical (unpaired) electrons. The fourth-order valence-corrected chi connectivity index (χ4v) is 5.29. The van der Waals surface area contributed by atoms with Crippen LogP contribution in [0.2, 0.25) is 0 Å². The van der Waals surface area contributed by atoms with Gasteiger partial charge in [0.25, 0.3) is 5.91 Å². The lowest BCUT2D eigenvalue weighted by Crippen LogP contribution is -2.57. The largest absolute Gasteiger partial charge is 0.327 e. The van der Waals surface area contributed by atoms with Gasteiger partial charge in [-0.2, -0.15) is 0 Å². The Labute approximate surface area is 180 Å². The van der Waals surface area contributed by atoms with Crippen LogP contribution < -0.4 is 5.32 Å². The van der Waals surface area contributed by atoms with Gasteiger partial charge in [0.15, 0.2) is 0 Å². The standard InChI is InChI=1S/C23H25N3O3S/c1-14-8-15(2)21(16(3)9-14)24-22(28)18-6-4-17(5-7-18)10-25-11-20(27)26-13-30-12-19(26)23(25)29/h4-9,19H,10-13H2,1-3H3,(H,24,28)/t19-/m1/s1. The fourth-order valence-electron chi connectivity index (χ4n) is 4.11. The second-order valence-corrected chi connectivity index (χ2v) is 9.00. The topological polar surface area (TPSA) is 69.7 Å². The Hall–Kier alpha value is -2.80. The van der Waals surface area contributed by atoms with Crippen LogP contribution in [0.3, 0.4) is 0 Å². The molecule has 0 aliphatic carbocycles. The zero-order chi connectivity index (χ0) is 21.4. The lowest BCUT2D eigenvalue weighted by atomic mass is 10.0. The number of rotatable bonds is 4. The van der Waals surface area contributed by atoms with Crippen molar-refractivity contribution < 1.29 is 14.4 Å². The van der Waals surface area contributed by atoms with Gasteiger partial charge in [-0.25, -0.2) is 0 Å². The molecule has 2 heterocycles. The van der Waals surface area contributed by atoms with E-state index in [9.17, 15) is 14.4 Å². The Morgan fingerprint density at radius 2 is 1.77 bits per heavy atom. The van der Waals surface area contributed by atoms with Crippen molar-refractivity contribution in [2.24, 2.45) is 0 Å². The third-order valence-corrected chi connectivity index (χ3v) is 6.64. The first-order valence-electron chi connectivity index (χ1n) is 9.97. The molecule has 1 atom stereocenters. The average Bonchev–Trinajstić information content (AvgIpc) is 3.20. The molecule has 0 spiro atoms. The minimum absolute atomic E-state index is 0.00411. The second-order valence-electron chi connectivity index (χ2n) is 8.00. The van der Waals surface area contributed by atoms with Crippen molar-refractivity contribution in [3.8, 4) is 0 Å². The van der Waals surface area contributed by atoms with Crippen LogP contribution in [0.1, 0.15) is 32.6 Å². The summed E-state index contributed by atoms with van der Waals surface area (Å²) in [5.41, 5.74) is 5.52. The predicted octanol–water partition coefficient (Wildman–Crippen LogP) is 3.11. The fraction of sp³-hybridized carbons (Fsp3) is 0.348. The van der Waals surface area contributed by atoms with E-state index in [0.29, 0.717) is 23.7 Å². The molecule has 6 nitrogen and oxygen atoms in total. The van der Waals surface area contributed by atoms with Gasteiger partial charge in [0.1, 0.15) is 12.6 Å². The molecule has 2 aliphatic rings. The first-order valence-corrected chi connectivity index (χ1v) is 11.1. The minimum atomic E-state index is -0.331. The molecule has 1 N–H and O–H groups in total. The molecule has 0 aromatic heterocycles. The minimum Gasteiger partial charge on any atom is -0.327 e.